The third-order valence-corrected chi connectivity index (χ3v) is 3.78. The van der Waals surface area contributed by atoms with Crippen molar-refractivity contribution in [3.63, 3.8) is 0 Å². The van der Waals surface area contributed by atoms with Gasteiger partial charge in [-0.1, -0.05) is 6.07 Å². The molecule has 5 nitrogen and oxygen atoms in total. The molecule has 0 saturated carbocycles. The van der Waals surface area contributed by atoms with Crippen LogP contribution >= 0.6 is 11.8 Å². The molecule has 23 heavy (non-hydrogen) atoms. The first-order valence-electron chi connectivity index (χ1n) is 7.85. The Hall–Kier alpha value is -1.40. The summed E-state index contributed by atoms with van der Waals surface area (Å²) in [5.41, 5.74) is 0.972. The lowest BCUT2D eigenvalue weighted by molar-refractivity contribution is -0.139. The number of hydrogen-bond acceptors (Lipinski definition) is 5. The van der Waals surface area contributed by atoms with Crippen molar-refractivity contribution >= 4 is 17.7 Å². The molecule has 0 aliphatic carbocycles. The van der Waals surface area contributed by atoms with Crippen molar-refractivity contribution in [2.24, 2.45) is 0 Å². The summed E-state index contributed by atoms with van der Waals surface area (Å²) in [5.74, 6) is 1.40. The second-order valence-corrected chi connectivity index (χ2v) is 6.42. The number of nitrogens with one attached hydrogen (secondary N) is 1. The van der Waals surface area contributed by atoms with Gasteiger partial charge in [0.05, 0.1) is 12.7 Å². The van der Waals surface area contributed by atoms with E-state index in [1.165, 1.54) is 0 Å². The van der Waals surface area contributed by atoms with Gasteiger partial charge in [0, 0.05) is 6.54 Å². The van der Waals surface area contributed by atoms with E-state index in [2.05, 4.69) is 5.32 Å². The molecule has 1 unspecified atom stereocenters. The van der Waals surface area contributed by atoms with Gasteiger partial charge in [-0.2, -0.15) is 11.8 Å². The molecule has 2 N–H and O–H groups in total. The van der Waals surface area contributed by atoms with Crippen LogP contribution in [0.1, 0.15) is 32.8 Å². The second-order valence-electron chi connectivity index (χ2n) is 5.43. The second kappa shape index (κ2) is 10.4. The Balaban J connectivity index is 2.75. The zero-order valence-corrected chi connectivity index (χ0v) is 15.1. The Labute approximate surface area is 142 Å². The summed E-state index contributed by atoms with van der Waals surface area (Å²) in [6.45, 7) is 6.89. The van der Waals surface area contributed by atoms with Gasteiger partial charge in [0.1, 0.15) is 6.04 Å². The van der Waals surface area contributed by atoms with Crippen LogP contribution in [0.15, 0.2) is 18.2 Å². The number of thioether (sulfide) groups is 1. The third kappa shape index (κ3) is 7.14. The van der Waals surface area contributed by atoms with Crippen LogP contribution in [0.2, 0.25) is 0 Å². The maximum Gasteiger partial charge on any atom is 0.320 e. The molecule has 1 aromatic rings. The summed E-state index contributed by atoms with van der Waals surface area (Å²) in [5, 5.41) is 12.3. The van der Waals surface area contributed by atoms with Gasteiger partial charge in [0.25, 0.3) is 0 Å². The molecule has 1 rings (SSSR count). The van der Waals surface area contributed by atoms with Gasteiger partial charge in [-0.15, -0.1) is 0 Å². The molecule has 0 saturated heterocycles. The Bertz CT molecular complexity index is 493. The summed E-state index contributed by atoms with van der Waals surface area (Å²) in [7, 11) is 0. The molecule has 0 fully saturated rings. The van der Waals surface area contributed by atoms with E-state index in [0.717, 1.165) is 11.3 Å². The van der Waals surface area contributed by atoms with Crippen LogP contribution < -0.4 is 14.8 Å². The largest absolute Gasteiger partial charge is 0.490 e. The SMILES string of the molecule is CCOc1cc(CNC(CCSC)C(=O)O)ccc1OC(C)C. The summed E-state index contributed by atoms with van der Waals surface area (Å²) in [6.07, 6.45) is 2.64. The van der Waals surface area contributed by atoms with Gasteiger partial charge in [-0.3, -0.25) is 4.79 Å². The van der Waals surface area contributed by atoms with E-state index in [-0.39, 0.29) is 6.10 Å². The van der Waals surface area contributed by atoms with Crippen molar-refractivity contribution in [3.05, 3.63) is 23.8 Å². The Kier molecular flexibility index (Phi) is 8.87. The highest BCUT2D eigenvalue weighted by Gasteiger charge is 2.16. The van der Waals surface area contributed by atoms with Gasteiger partial charge in [0.2, 0.25) is 0 Å². The molecule has 0 spiro atoms. The number of hydrogen-bond donors (Lipinski definition) is 2. The molecule has 0 aromatic heterocycles. The number of benzene rings is 1. The van der Waals surface area contributed by atoms with Gasteiger partial charge < -0.3 is 19.9 Å². The van der Waals surface area contributed by atoms with Crippen molar-refractivity contribution in [3.8, 4) is 11.5 Å². The fraction of sp³-hybridized carbons (Fsp3) is 0.588. The van der Waals surface area contributed by atoms with Crippen LogP contribution in [0.25, 0.3) is 0 Å². The van der Waals surface area contributed by atoms with E-state index in [1.807, 2.05) is 45.2 Å². The summed E-state index contributed by atoms with van der Waals surface area (Å²) in [6, 6.07) is 5.17. The van der Waals surface area contributed by atoms with Crippen LogP contribution in [0.4, 0.5) is 0 Å². The first-order valence-corrected chi connectivity index (χ1v) is 9.24. The first-order chi connectivity index (χ1) is 11.0. The van der Waals surface area contributed by atoms with Gasteiger partial charge in [0.15, 0.2) is 11.5 Å². The molecule has 130 valence electrons. The van der Waals surface area contributed by atoms with Crippen molar-refractivity contribution < 1.29 is 19.4 Å². The lowest BCUT2D eigenvalue weighted by atomic mass is 10.1. The number of carbonyl (C=O) groups is 1. The number of ether oxygens (including phenoxy) is 2. The van der Waals surface area contributed by atoms with Crippen molar-refractivity contribution in [2.75, 3.05) is 18.6 Å². The maximum atomic E-state index is 11.3. The number of carboxylic acid groups (broad SMARTS) is 1. The molecular formula is C17H27NO4S. The van der Waals surface area contributed by atoms with Gasteiger partial charge >= 0.3 is 5.97 Å². The van der Waals surface area contributed by atoms with Crippen LogP contribution in [-0.2, 0) is 11.3 Å². The average Bonchev–Trinajstić information content (AvgIpc) is 2.49. The van der Waals surface area contributed by atoms with Crippen molar-refractivity contribution in [1.82, 2.24) is 5.32 Å². The van der Waals surface area contributed by atoms with Crippen LogP contribution in [0.3, 0.4) is 0 Å². The van der Waals surface area contributed by atoms with E-state index < -0.39 is 12.0 Å². The molecule has 0 radical (unpaired) electrons. The molecule has 0 bridgehead atoms. The van der Waals surface area contributed by atoms with E-state index in [1.54, 1.807) is 11.8 Å². The minimum Gasteiger partial charge on any atom is -0.490 e. The molecule has 0 heterocycles. The summed E-state index contributed by atoms with van der Waals surface area (Å²) in [4.78, 5) is 11.3. The smallest absolute Gasteiger partial charge is 0.320 e. The fourth-order valence-electron chi connectivity index (χ4n) is 2.07. The standard InChI is InChI=1S/C17H27NO4S/c1-5-21-16-10-13(6-7-15(16)22-12(2)3)11-18-14(17(19)20)8-9-23-4/h6-7,10,12,14,18H,5,8-9,11H2,1-4H3,(H,19,20). The van der Waals surface area contributed by atoms with E-state index in [9.17, 15) is 9.90 Å². The summed E-state index contributed by atoms with van der Waals surface area (Å²) < 4.78 is 11.4. The van der Waals surface area contributed by atoms with Crippen LogP contribution in [-0.4, -0.2) is 41.8 Å². The summed E-state index contributed by atoms with van der Waals surface area (Å²) >= 11 is 1.65. The third-order valence-electron chi connectivity index (χ3n) is 3.13. The molecule has 6 heteroatoms. The maximum absolute atomic E-state index is 11.3. The molecule has 0 aliphatic heterocycles. The highest BCUT2D eigenvalue weighted by atomic mass is 32.2. The lowest BCUT2D eigenvalue weighted by Gasteiger charge is -2.17. The Morgan fingerprint density at radius 3 is 2.65 bits per heavy atom. The highest BCUT2D eigenvalue weighted by Crippen LogP contribution is 2.29. The predicted octanol–water partition coefficient (Wildman–Crippen LogP) is 3.17. The predicted molar refractivity (Wildman–Crippen MR) is 94.6 cm³/mol. The number of carboxylic acids is 1. The monoisotopic (exact) mass is 341 g/mol. The first kappa shape index (κ1) is 19.6. The zero-order valence-electron chi connectivity index (χ0n) is 14.3. The molecule has 0 amide bonds. The quantitative estimate of drug-likeness (QED) is 0.644. The molecule has 1 aromatic carbocycles. The molecule has 1 atom stereocenters. The Morgan fingerprint density at radius 2 is 2.09 bits per heavy atom. The van der Waals surface area contributed by atoms with E-state index >= 15 is 0 Å². The normalized spacial score (nSPS) is 12.2. The zero-order chi connectivity index (χ0) is 17.2. The molecular weight excluding hydrogens is 314 g/mol. The minimum atomic E-state index is -0.816. The van der Waals surface area contributed by atoms with Crippen molar-refractivity contribution in [1.29, 1.82) is 0 Å². The van der Waals surface area contributed by atoms with Crippen LogP contribution in [0.5, 0.6) is 11.5 Å². The fourth-order valence-corrected chi connectivity index (χ4v) is 2.54. The number of rotatable bonds is 11. The van der Waals surface area contributed by atoms with Gasteiger partial charge in [-0.05, 0) is 56.9 Å². The van der Waals surface area contributed by atoms with E-state index in [4.69, 9.17) is 9.47 Å². The topological polar surface area (TPSA) is 67.8 Å². The van der Waals surface area contributed by atoms with Gasteiger partial charge in [-0.25, -0.2) is 0 Å². The minimum absolute atomic E-state index is 0.0705. The number of aliphatic carboxylic acids is 1. The Morgan fingerprint density at radius 1 is 1.35 bits per heavy atom. The molecule has 0 aliphatic rings. The van der Waals surface area contributed by atoms with E-state index in [0.29, 0.717) is 31.1 Å². The van der Waals surface area contributed by atoms with Crippen molar-refractivity contribution in [2.45, 2.75) is 45.9 Å². The lowest BCUT2D eigenvalue weighted by Crippen LogP contribution is -2.36. The average molecular weight is 341 g/mol. The van der Waals surface area contributed by atoms with Crippen LogP contribution in [0, 0.1) is 0 Å². The highest BCUT2D eigenvalue weighted by molar-refractivity contribution is 7.98.